The molecule has 41 heavy (non-hydrogen) atoms. The van der Waals surface area contributed by atoms with Gasteiger partial charge in [0.25, 0.3) is 5.89 Å². The van der Waals surface area contributed by atoms with E-state index in [-0.39, 0.29) is 22.4 Å². The van der Waals surface area contributed by atoms with Gasteiger partial charge >= 0.3 is 18.7 Å². The molecule has 0 saturated heterocycles. The summed E-state index contributed by atoms with van der Waals surface area (Å²) in [6, 6.07) is 2.21. The van der Waals surface area contributed by atoms with Crippen LogP contribution in [0.4, 0.5) is 5.69 Å². The molecule has 0 aliphatic heterocycles. The molecule has 0 saturated carbocycles. The van der Waals surface area contributed by atoms with Crippen molar-refractivity contribution in [3.05, 3.63) is 44.2 Å². The predicted octanol–water partition coefficient (Wildman–Crippen LogP) is 6.21. The summed E-state index contributed by atoms with van der Waals surface area (Å²) in [4.78, 5) is 15.1. The number of phenols is 1. The summed E-state index contributed by atoms with van der Waals surface area (Å²) in [7, 11) is -4.18. The molecule has 0 amide bonds. The first-order valence-electron chi connectivity index (χ1n) is 12.3. The first-order chi connectivity index (χ1) is 18.7. The first-order valence-corrected chi connectivity index (χ1v) is 14.1. The zero-order chi connectivity index (χ0) is 31.1. The van der Waals surface area contributed by atoms with E-state index in [1.165, 1.54) is 6.07 Å². The Morgan fingerprint density at radius 1 is 1.10 bits per heavy atom. The number of nitrogens with zero attached hydrogens (tertiary/aromatic N) is 4. The standard InChI is InChI=1S/C25H32ClN4O10P/c1-13-14(2)19(21(26)29(32)15(13)3)22-27-23(38-28-22)16-10-17(30(33)34)20(31)18(11-16)36-12-37-41(35,39-24(4,5)6)40-25(7,8)9/h10-11H,12H2,1-9H3,(H-,27,28,31,32)/p+1. The van der Waals surface area contributed by atoms with Crippen LogP contribution in [0.15, 0.2) is 16.7 Å². The number of phosphoric ester groups is 1. The summed E-state index contributed by atoms with van der Waals surface area (Å²) in [5.74, 6) is -1.39. The van der Waals surface area contributed by atoms with Crippen molar-refractivity contribution in [2.24, 2.45) is 0 Å². The van der Waals surface area contributed by atoms with E-state index >= 15 is 0 Å². The number of rotatable bonds is 9. The van der Waals surface area contributed by atoms with Crippen LogP contribution in [0.25, 0.3) is 22.8 Å². The van der Waals surface area contributed by atoms with E-state index in [1.807, 2.05) is 0 Å². The van der Waals surface area contributed by atoms with Gasteiger partial charge in [0, 0.05) is 23.3 Å². The van der Waals surface area contributed by atoms with Gasteiger partial charge in [0.15, 0.2) is 5.75 Å². The Morgan fingerprint density at radius 2 is 1.68 bits per heavy atom. The van der Waals surface area contributed by atoms with Crippen LogP contribution in [0.1, 0.15) is 58.4 Å². The number of nitro benzene ring substituents is 1. The molecule has 0 aliphatic carbocycles. The van der Waals surface area contributed by atoms with E-state index < -0.39 is 47.9 Å². The van der Waals surface area contributed by atoms with Gasteiger partial charge in [-0.15, -0.1) is 0 Å². The van der Waals surface area contributed by atoms with E-state index in [0.717, 1.165) is 16.4 Å². The number of hydrogen-bond donors (Lipinski definition) is 2. The zero-order valence-corrected chi connectivity index (χ0v) is 25.8. The lowest BCUT2D eigenvalue weighted by Crippen LogP contribution is -2.37. The quantitative estimate of drug-likeness (QED) is 0.0529. The molecule has 2 N–H and O–H groups in total. The molecule has 0 aliphatic rings. The maximum absolute atomic E-state index is 13.3. The van der Waals surface area contributed by atoms with Crippen LogP contribution in [0.5, 0.6) is 11.5 Å². The number of aromatic hydroxyl groups is 1. The summed E-state index contributed by atoms with van der Waals surface area (Å²) in [6.45, 7) is 14.4. The van der Waals surface area contributed by atoms with Crippen LogP contribution in [0.2, 0.25) is 5.15 Å². The van der Waals surface area contributed by atoms with Crippen LogP contribution in [-0.4, -0.2) is 43.4 Å². The summed E-state index contributed by atoms with van der Waals surface area (Å²) in [5.41, 5.74) is -0.320. The van der Waals surface area contributed by atoms with Crippen LogP contribution in [0.3, 0.4) is 0 Å². The first kappa shape index (κ1) is 32.2. The fourth-order valence-corrected chi connectivity index (χ4v) is 5.61. The second-order valence-electron chi connectivity index (χ2n) is 11.1. The second kappa shape index (κ2) is 11.5. The van der Waals surface area contributed by atoms with Crippen molar-refractivity contribution < 1.29 is 47.4 Å². The zero-order valence-electron chi connectivity index (χ0n) is 24.1. The number of aromatic nitrogens is 3. The molecule has 0 spiro atoms. The minimum Gasteiger partial charge on any atom is -0.500 e. The van der Waals surface area contributed by atoms with E-state index in [9.17, 15) is 25.0 Å². The smallest absolute Gasteiger partial charge is 0.478 e. The number of benzene rings is 1. The lowest BCUT2D eigenvalue weighted by atomic mass is 10.0. The highest BCUT2D eigenvalue weighted by molar-refractivity contribution is 7.48. The molecule has 0 atom stereocenters. The third kappa shape index (κ3) is 7.52. The lowest BCUT2D eigenvalue weighted by molar-refractivity contribution is -0.906. The van der Waals surface area contributed by atoms with Gasteiger partial charge in [-0.25, -0.2) is 9.09 Å². The van der Waals surface area contributed by atoms with Gasteiger partial charge in [-0.2, -0.15) is 4.98 Å². The average Bonchev–Trinajstić information content (AvgIpc) is 3.29. The summed E-state index contributed by atoms with van der Waals surface area (Å²) in [6.07, 6.45) is 0. The molecule has 2 heterocycles. The molecule has 0 fully saturated rings. The van der Waals surface area contributed by atoms with Gasteiger partial charge in [0.05, 0.1) is 21.7 Å². The third-order valence-corrected chi connectivity index (χ3v) is 7.85. The van der Waals surface area contributed by atoms with Crippen LogP contribution in [-0.2, 0) is 18.1 Å². The van der Waals surface area contributed by atoms with Gasteiger partial charge in [-0.05, 0) is 78.6 Å². The van der Waals surface area contributed by atoms with Crippen molar-refractivity contribution in [2.75, 3.05) is 6.79 Å². The molecule has 14 nitrogen and oxygen atoms in total. The van der Waals surface area contributed by atoms with Crippen LogP contribution < -0.4 is 9.47 Å². The molecule has 3 rings (SSSR count). The molecule has 16 heteroatoms. The van der Waals surface area contributed by atoms with Crippen molar-refractivity contribution in [3.63, 3.8) is 0 Å². The number of hydrogen-bond acceptors (Lipinski definition) is 12. The van der Waals surface area contributed by atoms with E-state index in [0.29, 0.717) is 16.8 Å². The predicted molar refractivity (Wildman–Crippen MR) is 146 cm³/mol. The highest BCUT2D eigenvalue weighted by Gasteiger charge is 2.38. The van der Waals surface area contributed by atoms with Gasteiger partial charge in [0.1, 0.15) is 5.56 Å². The number of pyridine rings is 1. The third-order valence-electron chi connectivity index (χ3n) is 5.53. The monoisotopic (exact) mass is 615 g/mol. The van der Waals surface area contributed by atoms with Gasteiger partial charge in [0.2, 0.25) is 24.1 Å². The molecule has 0 radical (unpaired) electrons. The lowest BCUT2D eigenvalue weighted by Gasteiger charge is -2.30. The number of phosphoric acid groups is 1. The van der Waals surface area contributed by atoms with Gasteiger partial charge < -0.3 is 14.4 Å². The minimum atomic E-state index is -4.18. The van der Waals surface area contributed by atoms with Gasteiger partial charge in [-0.3, -0.25) is 24.4 Å². The van der Waals surface area contributed by atoms with Crippen molar-refractivity contribution >= 4 is 25.1 Å². The van der Waals surface area contributed by atoms with Crippen molar-refractivity contribution in [1.29, 1.82) is 0 Å². The van der Waals surface area contributed by atoms with Crippen molar-refractivity contribution in [1.82, 2.24) is 10.1 Å². The average molecular weight is 616 g/mol. The molecule has 224 valence electrons. The SMILES string of the molecule is Cc1c(C)c(C)[n+](O)c(Cl)c1-c1noc(-c2cc(OCOP(=O)(OC(C)(C)C)OC(C)(C)C)c(O)c([N+](=O)[O-])c2)n1. The Morgan fingerprint density at radius 3 is 2.22 bits per heavy atom. The Balaban J connectivity index is 1.98. The number of phenolic OH excluding ortho intramolecular Hbond substituents is 1. The molecule has 1 aromatic carbocycles. The Hall–Kier alpha value is -3.29. The largest absolute Gasteiger partial charge is 0.500 e. The number of ether oxygens (including phenoxy) is 1. The van der Waals surface area contributed by atoms with E-state index in [2.05, 4.69) is 10.1 Å². The molecule has 3 aromatic rings. The maximum atomic E-state index is 13.3. The molecular weight excluding hydrogens is 583 g/mol. The normalized spacial score (nSPS) is 12.5. The molecular formula is C25H33ClN4O10P+. The van der Waals surface area contributed by atoms with Gasteiger partial charge in [-0.1, -0.05) is 5.16 Å². The molecule has 2 aromatic heterocycles. The van der Waals surface area contributed by atoms with Crippen LogP contribution in [0, 0.1) is 30.9 Å². The van der Waals surface area contributed by atoms with E-state index in [1.54, 1.807) is 62.3 Å². The molecule has 0 bridgehead atoms. The summed E-state index contributed by atoms with van der Waals surface area (Å²) < 4.78 is 41.2. The van der Waals surface area contributed by atoms with Crippen molar-refractivity contribution in [2.45, 2.75) is 73.5 Å². The summed E-state index contributed by atoms with van der Waals surface area (Å²) in [5, 5.41) is 36.4. The van der Waals surface area contributed by atoms with Crippen molar-refractivity contribution in [3.8, 4) is 34.3 Å². The van der Waals surface area contributed by atoms with Crippen LogP contribution >= 0.6 is 19.4 Å². The number of halogens is 1. The molecule has 0 unspecified atom stereocenters. The summed E-state index contributed by atoms with van der Waals surface area (Å²) >= 11 is 6.34. The Bertz CT molecular complexity index is 1480. The maximum Gasteiger partial charge on any atom is 0.478 e. The highest BCUT2D eigenvalue weighted by Crippen LogP contribution is 2.55. The highest BCUT2D eigenvalue weighted by atomic mass is 35.5. The van der Waals surface area contributed by atoms with E-state index in [4.69, 9.17) is 34.4 Å². The topological polar surface area (TPSA) is 180 Å². The second-order valence-corrected chi connectivity index (χ2v) is 13.0. The number of nitro groups is 1. The fraction of sp³-hybridized carbons (Fsp3) is 0.480. The Labute approximate surface area is 241 Å². The Kier molecular flexibility index (Phi) is 9.07. The minimum absolute atomic E-state index is 0.00882. The fourth-order valence-electron chi connectivity index (χ4n) is 3.59.